The minimum Gasteiger partial charge on any atom is -0.393 e. The summed E-state index contributed by atoms with van der Waals surface area (Å²) in [5, 5.41) is 20.2. The summed E-state index contributed by atoms with van der Waals surface area (Å²) in [6, 6.07) is 9.79. The van der Waals surface area contributed by atoms with Gasteiger partial charge in [0.25, 0.3) is 5.91 Å². The first kappa shape index (κ1) is 14.8. The van der Waals surface area contributed by atoms with Gasteiger partial charge in [0, 0.05) is 17.8 Å². The minimum atomic E-state index is -0.281. The van der Waals surface area contributed by atoms with Crippen LogP contribution in [0.5, 0.6) is 0 Å². The fourth-order valence-electron chi connectivity index (χ4n) is 3.23. The molecule has 1 unspecified atom stereocenters. The Balaban J connectivity index is 1.65. The number of aromatic nitrogens is 3. The molecule has 2 heterocycles. The average molecular weight is 322 g/mol. The molecule has 1 saturated carbocycles. The molecule has 0 radical (unpaired) electrons. The second-order valence-electron chi connectivity index (χ2n) is 6.28. The molecule has 2 aromatic heterocycles. The average Bonchev–Trinajstić information content (AvgIpc) is 3.11. The van der Waals surface area contributed by atoms with E-state index >= 15 is 0 Å². The summed E-state index contributed by atoms with van der Waals surface area (Å²) < 4.78 is 0. The Morgan fingerprint density at radius 2 is 2.12 bits per heavy atom. The van der Waals surface area contributed by atoms with E-state index in [-0.39, 0.29) is 24.0 Å². The molecule has 0 saturated heterocycles. The van der Waals surface area contributed by atoms with Gasteiger partial charge in [-0.15, -0.1) is 0 Å². The zero-order valence-electron chi connectivity index (χ0n) is 13.0. The van der Waals surface area contributed by atoms with E-state index in [1.807, 2.05) is 30.5 Å². The molecule has 0 spiro atoms. The molecule has 1 amide bonds. The number of fused-ring (bicyclic) bond motifs is 1. The molecular weight excluding hydrogens is 304 g/mol. The largest absolute Gasteiger partial charge is 0.393 e. The van der Waals surface area contributed by atoms with Crippen LogP contribution in [0, 0.1) is 5.92 Å². The van der Waals surface area contributed by atoms with Crippen LogP contribution in [0.1, 0.15) is 34.8 Å². The fourth-order valence-corrected chi connectivity index (χ4v) is 3.23. The Hall–Kier alpha value is -2.73. The molecular formula is C18H18N4O2. The minimum absolute atomic E-state index is 0.173. The molecule has 1 aliphatic rings. The van der Waals surface area contributed by atoms with Gasteiger partial charge >= 0.3 is 0 Å². The summed E-state index contributed by atoms with van der Waals surface area (Å²) in [5.74, 6) is 0.0297. The molecule has 0 bridgehead atoms. The van der Waals surface area contributed by atoms with Gasteiger partial charge < -0.3 is 10.4 Å². The van der Waals surface area contributed by atoms with Gasteiger partial charge in [0.05, 0.1) is 29.4 Å². The zero-order chi connectivity index (χ0) is 16.5. The van der Waals surface area contributed by atoms with Crippen LogP contribution in [0.3, 0.4) is 0 Å². The van der Waals surface area contributed by atoms with Crippen molar-refractivity contribution in [3.8, 4) is 0 Å². The molecule has 0 aliphatic heterocycles. The van der Waals surface area contributed by atoms with Gasteiger partial charge in [-0.25, -0.2) is 0 Å². The van der Waals surface area contributed by atoms with E-state index in [1.165, 1.54) is 6.20 Å². The predicted molar refractivity (Wildman–Crippen MR) is 89.3 cm³/mol. The number of amides is 1. The fraction of sp³-hybridized carbons (Fsp3) is 0.278. The predicted octanol–water partition coefficient (Wildman–Crippen LogP) is 2.20. The molecule has 1 aromatic carbocycles. The maximum absolute atomic E-state index is 12.4. The van der Waals surface area contributed by atoms with Crippen molar-refractivity contribution in [1.29, 1.82) is 0 Å². The van der Waals surface area contributed by atoms with Crippen LogP contribution >= 0.6 is 0 Å². The summed E-state index contributed by atoms with van der Waals surface area (Å²) in [4.78, 5) is 16.9. The summed E-state index contributed by atoms with van der Waals surface area (Å²) in [7, 11) is 0. The Kier molecular flexibility index (Phi) is 3.74. The molecule has 6 nitrogen and oxygen atoms in total. The Bertz CT molecular complexity index is 856. The van der Waals surface area contributed by atoms with Gasteiger partial charge in [0.2, 0.25) is 0 Å². The number of para-hydroxylation sites is 1. The molecule has 4 rings (SSSR count). The maximum atomic E-state index is 12.4. The van der Waals surface area contributed by atoms with Crippen LogP contribution < -0.4 is 5.32 Å². The van der Waals surface area contributed by atoms with Crippen molar-refractivity contribution >= 4 is 16.8 Å². The summed E-state index contributed by atoms with van der Waals surface area (Å²) >= 11 is 0. The van der Waals surface area contributed by atoms with Gasteiger partial charge in [-0.3, -0.25) is 14.9 Å². The summed E-state index contributed by atoms with van der Waals surface area (Å²) in [6.45, 7) is 0. The van der Waals surface area contributed by atoms with E-state index in [1.54, 1.807) is 6.20 Å². The van der Waals surface area contributed by atoms with E-state index < -0.39 is 0 Å². The second-order valence-corrected chi connectivity index (χ2v) is 6.28. The Labute approximate surface area is 138 Å². The number of hydrogen-bond donors (Lipinski definition) is 3. The number of hydrogen-bond acceptors (Lipinski definition) is 4. The third kappa shape index (κ3) is 2.76. The van der Waals surface area contributed by atoms with Crippen LogP contribution in [0.25, 0.3) is 10.9 Å². The van der Waals surface area contributed by atoms with Crippen molar-refractivity contribution in [3.63, 3.8) is 0 Å². The lowest BCUT2D eigenvalue weighted by molar-refractivity contribution is 0.0235. The van der Waals surface area contributed by atoms with Crippen LogP contribution in [-0.4, -0.2) is 32.3 Å². The smallest absolute Gasteiger partial charge is 0.254 e. The molecule has 1 atom stereocenters. The number of aromatic amines is 1. The SMILES string of the molecule is O=C(NC(c1cnc2ccccc2c1)C1CC(O)C1)c1cn[nH]c1. The highest BCUT2D eigenvalue weighted by Gasteiger charge is 2.36. The molecule has 24 heavy (non-hydrogen) atoms. The highest BCUT2D eigenvalue weighted by molar-refractivity contribution is 5.94. The Morgan fingerprint density at radius 1 is 1.29 bits per heavy atom. The molecule has 1 fully saturated rings. The summed E-state index contributed by atoms with van der Waals surface area (Å²) in [6.07, 6.45) is 5.97. The second kappa shape index (κ2) is 6.05. The van der Waals surface area contributed by atoms with E-state index in [2.05, 4.69) is 26.6 Å². The summed E-state index contributed by atoms with van der Waals surface area (Å²) in [5.41, 5.74) is 2.38. The van der Waals surface area contributed by atoms with Crippen LogP contribution in [0.15, 0.2) is 48.9 Å². The van der Waals surface area contributed by atoms with Gasteiger partial charge in [-0.2, -0.15) is 5.10 Å². The van der Waals surface area contributed by atoms with Crippen molar-refractivity contribution < 1.29 is 9.90 Å². The highest BCUT2D eigenvalue weighted by atomic mass is 16.3. The number of aliphatic hydroxyl groups is 1. The first-order valence-corrected chi connectivity index (χ1v) is 8.03. The van der Waals surface area contributed by atoms with Gasteiger partial charge in [-0.1, -0.05) is 18.2 Å². The number of pyridine rings is 1. The zero-order valence-corrected chi connectivity index (χ0v) is 13.0. The number of carbonyl (C=O) groups excluding carboxylic acids is 1. The van der Waals surface area contributed by atoms with Crippen molar-refractivity contribution in [1.82, 2.24) is 20.5 Å². The first-order chi connectivity index (χ1) is 11.7. The van der Waals surface area contributed by atoms with Gasteiger partial charge in [0.15, 0.2) is 0 Å². The van der Waals surface area contributed by atoms with E-state index in [9.17, 15) is 9.90 Å². The molecule has 6 heteroatoms. The van der Waals surface area contributed by atoms with Crippen molar-refractivity contribution in [2.45, 2.75) is 25.0 Å². The normalized spacial score (nSPS) is 21.2. The number of nitrogens with zero attached hydrogens (tertiary/aromatic N) is 2. The monoisotopic (exact) mass is 322 g/mol. The van der Waals surface area contributed by atoms with E-state index in [0.717, 1.165) is 16.5 Å². The quantitative estimate of drug-likeness (QED) is 0.687. The third-order valence-corrected chi connectivity index (χ3v) is 4.64. The lowest BCUT2D eigenvalue weighted by atomic mass is 9.75. The first-order valence-electron chi connectivity index (χ1n) is 8.03. The van der Waals surface area contributed by atoms with Gasteiger partial charge in [0.1, 0.15) is 0 Å². The van der Waals surface area contributed by atoms with Crippen LogP contribution in [0.2, 0.25) is 0 Å². The number of aliphatic hydroxyl groups excluding tert-OH is 1. The van der Waals surface area contributed by atoms with Gasteiger partial charge in [-0.05, 0) is 36.5 Å². The lowest BCUT2D eigenvalue weighted by Gasteiger charge is -2.38. The molecule has 1 aliphatic carbocycles. The van der Waals surface area contributed by atoms with E-state index in [0.29, 0.717) is 18.4 Å². The number of carbonyl (C=O) groups is 1. The number of H-pyrrole nitrogens is 1. The molecule has 3 aromatic rings. The topological polar surface area (TPSA) is 90.9 Å². The van der Waals surface area contributed by atoms with Crippen molar-refractivity contribution in [2.75, 3.05) is 0 Å². The van der Waals surface area contributed by atoms with Crippen LogP contribution in [0.4, 0.5) is 0 Å². The molecule has 3 N–H and O–H groups in total. The van der Waals surface area contributed by atoms with Crippen molar-refractivity contribution in [3.05, 3.63) is 60.0 Å². The number of nitrogens with one attached hydrogen (secondary N) is 2. The van der Waals surface area contributed by atoms with Crippen LogP contribution in [-0.2, 0) is 0 Å². The standard InChI is InChI=1S/C18H18N4O2/c23-15-6-12(7-15)17(22-18(24)14-9-20-21-10-14)13-5-11-3-1-2-4-16(11)19-8-13/h1-5,8-10,12,15,17,23H,6-7H2,(H,20,21)(H,22,24). The lowest BCUT2D eigenvalue weighted by Crippen LogP contribution is -2.41. The number of rotatable bonds is 4. The maximum Gasteiger partial charge on any atom is 0.254 e. The highest BCUT2D eigenvalue weighted by Crippen LogP contribution is 2.38. The molecule has 122 valence electrons. The van der Waals surface area contributed by atoms with Crippen molar-refractivity contribution in [2.24, 2.45) is 5.92 Å². The number of benzene rings is 1. The van der Waals surface area contributed by atoms with E-state index in [4.69, 9.17) is 0 Å². The third-order valence-electron chi connectivity index (χ3n) is 4.64. The Morgan fingerprint density at radius 3 is 2.88 bits per heavy atom.